The predicted octanol–water partition coefficient (Wildman–Crippen LogP) is 18.6. The zero-order valence-electron chi connectivity index (χ0n) is 56.0. The van der Waals surface area contributed by atoms with E-state index in [1.165, 1.54) is 96.3 Å². The lowest BCUT2D eigenvalue weighted by molar-refractivity contribution is -0.161. The van der Waals surface area contributed by atoms with Crippen molar-refractivity contribution in [2.45, 2.75) is 330 Å². The van der Waals surface area contributed by atoms with Crippen LogP contribution in [0, 0.1) is 17.8 Å². The molecule has 0 aromatic rings. The molecule has 0 fully saturated rings. The highest BCUT2D eigenvalue weighted by molar-refractivity contribution is 7.47. The van der Waals surface area contributed by atoms with E-state index in [1.807, 2.05) is 0 Å². The van der Waals surface area contributed by atoms with Gasteiger partial charge < -0.3 is 33.8 Å². The monoisotopic (exact) mass is 1280 g/mol. The quantitative estimate of drug-likeness (QED) is 0.0169. The van der Waals surface area contributed by atoms with Gasteiger partial charge in [0, 0.05) is 25.7 Å². The normalized spacial score (nSPS) is 15.4. The number of phosphoric ester groups is 2. The zero-order chi connectivity index (χ0) is 64.5. The van der Waals surface area contributed by atoms with E-state index in [4.69, 9.17) is 37.0 Å². The third-order valence-corrected chi connectivity index (χ3v) is 18.0. The van der Waals surface area contributed by atoms with Crippen LogP contribution in [0.4, 0.5) is 0 Å². The van der Waals surface area contributed by atoms with Gasteiger partial charge in [-0.2, -0.15) is 0 Å². The first kappa shape index (κ1) is 84.5. The molecule has 0 aromatic carbocycles. The summed E-state index contributed by atoms with van der Waals surface area (Å²) >= 11 is 0. The Hall–Kier alpha value is -2.46. The molecule has 3 N–H and O–H groups in total. The maximum absolute atomic E-state index is 13.0. The number of hydrogen-bond acceptors (Lipinski definition) is 15. The van der Waals surface area contributed by atoms with E-state index in [0.29, 0.717) is 25.7 Å². The fourth-order valence-electron chi connectivity index (χ4n) is 9.55. The summed E-state index contributed by atoms with van der Waals surface area (Å²) in [5.41, 5.74) is 0. The fourth-order valence-corrected chi connectivity index (χ4v) is 11.1. The molecule has 512 valence electrons. The second-order valence-corrected chi connectivity index (χ2v) is 27.5. The SMILES string of the molecule is CCCCCC/C=C\C=C/CCCCCCCC(=O)O[C@H](COC(=O)CCCCCCCCC(C)CC)COP(=O)(O)OC[C@H](O)COP(=O)(O)OC[C@@H](COC(=O)CCCCCCCCC(C)CC)OC(=O)CCCCCCCCCCC(C)CC. The lowest BCUT2D eigenvalue weighted by Crippen LogP contribution is -2.30. The van der Waals surface area contributed by atoms with Crippen molar-refractivity contribution in [2.75, 3.05) is 39.6 Å². The van der Waals surface area contributed by atoms with E-state index in [0.717, 1.165) is 133 Å². The zero-order valence-corrected chi connectivity index (χ0v) is 57.7. The van der Waals surface area contributed by atoms with Crippen molar-refractivity contribution < 1.29 is 80.2 Å². The van der Waals surface area contributed by atoms with Gasteiger partial charge in [0.25, 0.3) is 0 Å². The topological polar surface area (TPSA) is 237 Å². The van der Waals surface area contributed by atoms with Gasteiger partial charge in [-0.25, -0.2) is 9.13 Å². The average molecular weight is 1280 g/mol. The molecule has 17 nitrogen and oxygen atoms in total. The molecule has 0 aliphatic carbocycles. The van der Waals surface area contributed by atoms with Crippen LogP contribution in [-0.4, -0.2) is 96.7 Å². The van der Waals surface area contributed by atoms with E-state index >= 15 is 0 Å². The van der Waals surface area contributed by atoms with E-state index in [1.54, 1.807) is 0 Å². The Labute approximate surface area is 529 Å². The first-order valence-corrected chi connectivity index (χ1v) is 37.8. The molecule has 0 bridgehead atoms. The molecular formula is C68H128O17P2. The third-order valence-electron chi connectivity index (χ3n) is 16.1. The Balaban J connectivity index is 5.30. The summed E-state index contributed by atoms with van der Waals surface area (Å²) in [4.78, 5) is 72.4. The number of rotatable bonds is 64. The molecular weight excluding hydrogens is 1150 g/mol. The molecule has 0 aliphatic heterocycles. The van der Waals surface area contributed by atoms with Gasteiger partial charge in [0.1, 0.15) is 19.3 Å². The lowest BCUT2D eigenvalue weighted by Gasteiger charge is -2.21. The van der Waals surface area contributed by atoms with Crippen LogP contribution in [0.15, 0.2) is 24.3 Å². The Bertz CT molecular complexity index is 1810. The summed E-state index contributed by atoms with van der Waals surface area (Å²) in [5, 5.41) is 10.6. The minimum absolute atomic E-state index is 0.0834. The van der Waals surface area contributed by atoms with Crippen molar-refractivity contribution in [1.29, 1.82) is 0 Å². The smallest absolute Gasteiger partial charge is 0.462 e. The van der Waals surface area contributed by atoms with Crippen LogP contribution in [0.2, 0.25) is 0 Å². The third kappa shape index (κ3) is 58.4. The molecule has 19 heteroatoms. The van der Waals surface area contributed by atoms with Gasteiger partial charge in [0.2, 0.25) is 0 Å². The number of carbonyl (C=O) groups is 4. The molecule has 0 saturated carbocycles. The standard InChI is InChI=1S/C68H128O17P2/c1-8-12-13-14-15-16-17-18-19-20-21-22-26-37-44-51-67(72)84-63(55-78-65(70)49-42-35-30-28-33-40-47-60(6)10-3)57-82-86(74,75)80-53-62(69)54-81-87(76,77)83-58-64(56-79-66(71)50-43-36-31-29-34-41-48-61(7)11-4)85-68(73)52-45-38-27-24-23-25-32-39-46-59(5)9-2/h16-19,59-64,69H,8-15,20-58H2,1-7H3,(H,74,75)(H,76,77)/b17-16-,19-18-/t59?,60?,61?,62-,63+,64+/m0/s1. The maximum Gasteiger partial charge on any atom is 0.472 e. The van der Waals surface area contributed by atoms with Gasteiger partial charge in [-0.3, -0.25) is 37.3 Å². The Kier molecular flexibility index (Phi) is 57.0. The van der Waals surface area contributed by atoms with E-state index in [9.17, 15) is 43.2 Å². The number of allylic oxidation sites excluding steroid dienone is 4. The first-order chi connectivity index (χ1) is 41.8. The van der Waals surface area contributed by atoms with Crippen molar-refractivity contribution in [3.63, 3.8) is 0 Å². The van der Waals surface area contributed by atoms with Gasteiger partial charge in [-0.1, -0.05) is 259 Å². The van der Waals surface area contributed by atoms with Crippen molar-refractivity contribution in [2.24, 2.45) is 17.8 Å². The number of aliphatic hydroxyl groups excluding tert-OH is 1. The molecule has 8 atom stereocenters. The molecule has 0 radical (unpaired) electrons. The number of hydrogen-bond donors (Lipinski definition) is 3. The Morgan fingerprint density at radius 2 is 0.644 bits per heavy atom. The molecule has 0 amide bonds. The minimum atomic E-state index is -4.96. The summed E-state index contributed by atoms with van der Waals surface area (Å²) in [6.07, 6.45) is 43.9. The largest absolute Gasteiger partial charge is 0.472 e. The molecule has 0 saturated heterocycles. The first-order valence-electron chi connectivity index (χ1n) is 34.8. The molecule has 0 aliphatic rings. The highest BCUT2D eigenvalue weighted by Gasteiger charge is 2.30. The van der Waals surface area contributed by atoms with Crippen LogP contribution >= 0.6 is 15.6 Å². The van der Waals surface area contributed by atoms with Gasteiger partial charge in [0.15, 0.2) is 12.2 Å². The summed E-state index contributed by atoms with van der Waals surface area (Å²) in [6, 6.07) is 0. The van der Waals surface area contributed by atoms with E-state index < -0.39 is 97.5 Å². The predicted molar refractivity (Wildman–Crippen MR) is 349 cm³/mol. The fraction of sp³-hybridized carbons (Fsp3) is 0.882. The molecule has 87 heavy (non-hydrogen) atoms. The van der Waals surface area contributed by atoms with Crippen LogP contribution in [0.1, 0.15) is 312 Å². The summed E-state index contributed by atoms with van der Waals surface area (Å²) < 4.78 is 68.1. The maximum atomic E-state index is 13.0. The number of unbranched alkanes of at least 4 members (excludes halogenated alkanes) is 26. The number of ether oxygens (including phenoxy) is 4. The van der Waals surface area contributed by atoms with Crippen molar-refractivity contribution in [1.82, 2.24) is 0 Å². The second-order valence-electron chi connectivity index (χ2n) is 24.6. The Morgan fingerprint density at radius 3 is 0.966 bits per heavy atom. The highest BCUT2D eigenvalue weighted by Crippen LogP contribution is 2.45. The van der Waals surface area contributed by atoms with Crippen molar-refractivity contribution >= 4 is 39.5 Å². The van der Waals surface area contributed by atoms with Gasteiger partial charge >= 0.3 is 39.5 Å². The highest BCUT2D eigenvalue weighted by atomic mass is 31.2. The van der Waals surface area contributed by atoms with Crippen molar-refractivity contribution in [3.8, 4) is 0 Å². The molecule has 0 spiro atoms. The lowest BCUT2D eigenvalue weighted by atomic mass is 9.99. The number of phosphoric acid groups is 2. The van der Waals surface area contributed by atoms with Gasteiger partial charge in [-0.05, 0) is 69.1 Å². The van der Waals surface area contributed by atoms with Crippen molar-refractivity contribution in [3.05, 3.63) is 24.3 Å². The summed E-state index contributed by atoms with van der Waals surface area (Å²) in [5.74, 6) is 0.0603. The van der Waals surface area contributed by atoms with Gasteiger partial charge in [-0.15, -0.1) is 0 Å². The van der Waals surface area contributed by atoms with Crippen LogP contribution < -0.4 is 0 Å². The second kappa shape index (κ2) is 58.6. The molecule has 0 heterocycles. The van der Waals surface area contributed by atoms with E-state index in [2.05, 4.69) is 72.8 Å². The summed E-state index contributed by atoms with van der Waals surface area (Å²) in [6.45, 7) is 11.7. The average Bonchev–Trinajstić information content (AvgIpc) is 3.69. The number of carbonyl (C=O) groups excluding carboxylic acids is 4. The molecule has 5 unspecified atom stereocenters. The van der Waals surface area contributed by atoms with Crippen LogP contribution in [0.5, 0.6) is 0 Å². The minimum Gasteiger partial charge on any atom is -0.462 e. The molecule has 0 rings (SSSR count). The Morgan fingerprint density at radius 1 is 0.368 bits per heavy atom. The van der Waals surface area contributed by atoms with Crippen LogP contribution in [-0.2, 0) is 65.4 Å². The molecule has 0 aromatic heterocycles. The van der Waals surface area contributed by atoms with Gasteiger partial charge in [0.05, 0.1) is 26.4 Å². The van der Waals surface area contributed by atoms with Crippen LogP contribution in [0.3, 0.4) is 0 Å². The number of esters is 4. The van der Waals surface area contributed by atoms with E-state index in [-0.39, 0.29) is 25.7 Å². The number of aliphatic hydroxyl groups is 1. The van der Waals surface area contributed by atoms with Crippen LogP contribution in [0.25, 0.3) is 0 Å². The summed E-state index contributed by atoms with van der Waals surface area (Å²) in [7, 11) is -9.91.